The van der Waals surface area contributed by atoms with Crippen LogP contribution < -0.4 is 11.1 Å². The van der Waals surface area contributed by atoms with Crippen molar-refractivity contribution in [3.8, 4) is 0 Å². The van der Waals surface area contributed by atoms with Gasteiger partial charge in [-0.3, -0.25) is 4.79 Å². The number of amides is 1. The van der Waals surface area contributed by atoms with Crippen molar-refractivity contribution >= 4 is 23.4 Å². The van der Waals surface area contributed by atoms with E-state index in [9.17, 15) is 9.59 Å². The standard InChI is InChI=1S/C11H13N3O3/c1-8(15)17-14-10(12)7-11(16)13-9-5-3-2-4-6-9/h2-6H,7H2,1H3,(H2,12,14)(H,13,16). The molecule has 0 atom stereocenters. The number of hydrogen-bond donors (Lipinski definition) is 2. The van der Waals surface area contributed by atoms with Crippen molar-refractivity contribution in [3.63, 3.8) is 0 Å². The predicted molar refractivity (Wildman–Crippen MR) is 63.1 cm³/mol. The van der Waals surface area contributed by atoms with Gasteiger partial charge in [-0.15, -0.1) is 0 Å². The lowest BCUT2D eigenvalue weighted by Gasteiger charge is -2.03. The minimum absolute atomic E-state index is 0.0615. The maximum Gasteiger partial charge on any atom is 0.332 e. The number of nitrogens with two attached hydrogens (primary N) is 1. The molecule has 6 heteroatoms. The molecule has 1 rings (SSSR count). The number of hydrogen-bond acceptors (Lipinski definition) is 4. The van der Waals surface area contributed by atoms with Crippen LogP contribution in [0.25, 0.3) is 0 Å². The quantitative estimate of drug-likeness (QED) is 0.350. The summed E-state index contributed by atoms with van der Waals surface area (Å²) >= 11 is 0. The Morgan fingerprint density at radius 2 is 2.00 bits per heavy atom. The topological polar surface area (TPSA) is 93.8 Å². The number of para-hydroxylation sites is 1. The van der Waals surface area contributed by atoms with E-state index in [1.54, 1.807) is 24.3 Å². The fourth-order valence-electron chi connectivity index (χ4n) is 1.05. The molecule has 0 bridgehead atoms. The highest BCUT2D eigenvalue weighted by Crippen LogP contribution is 2.05. The van der Waals surface area contributed by atoms with Crippen LogP contribution in [0, 0.1) is 0 Å². The summed E-state index contributed by atoms with van der Waals surface area (Å²) in [6.45, 7) is 1.20. The summed E-state index contributed by atoms with van der Waals surface area (Å²) in [5, 5.41) is 5.91. The molecule has 1 aromatic rings. The maximum absolute atomic E-state index is 11.5. The first-order valence-electron chi connectivity index (χ1n) is 4.93. The van der Waals surface area contributed by atoms with Crippen LogP contribution in [0.3, 0.4) is 0 Å². The van der Waals surface area contributed by atoms with Crippen LogP contribution >= 0.6 is 0 Å². The third kappa shape index (κ3) is 5.31. The summed E-state index contributed by atoms with van der Waals surface area (Å²) in [4.78, 5) is 26.2. The van der Waals surface area contributed by atoms with Gasteiger partial charge < -0.3 is 15.9 Å². The molecule has 0 fully saturated rings. The van der Waals surface area contributed by atoms with Gasteiger partial charge in [0, 0.05) is 12.6 Å². The normalized spacial score (nSPS) is 10.8. The number of anilines is 1. The second-order valence-corrected chi connectivity index (χ2v) is 3.26. The molecule has 0 saturated carbocycles. The predicted octanol–water partition coefficient (Wildman–Crippen LogP) is 0.850. The third-order valence-corrected chi connectivity index (χ3v) is 1.69. The van der Waals surface area contributed by atoms with Gasteiger partial charge in [-0.05, 0) is 12.1 Å². The van der Waals surface area contributed by atoms with E-state index >= 15 is 0 Å². The van der Waals surface area contributed by atoms with Crippen LogP contribution in [0.4, 0.5) is 5.69 Å². The van der Waals surface area contributed by atoms with E-state index in [1.165, 1.54) is 6.92 Å². The summed E-state index contributed by atoms with van der Waals surface area (Å²) in [6, 6.07) is 8.93. The lowest BCUT2D eigenvalue weighted by Crippen LogP contribution is -2.22. The summed E-state index contributed by atoms with van der Waals surface area (Å²) in [6.07, 6.45) is -0.137. The van der Waals surface area contributed by atoms with Gasteiger partial charge in [-0.2, -0.15) is 0 Å². The maximum atomic E-state index is 11.5. The lowest BCUT2D eigenvalue weighted by atomic mass is 10.3. The Labute approximate surface area is 98.4 Å². The van der Waals surface area contributed by atoms with Gasteiger partial charge >= 0.3 is 5.97 Å². The Morgan fingerprint density at radius 3 is 2.59 bits per heavy atom. The largest absolute Gasteiger partial charge is 0.384 e. The number of benzene rings is 1. The summed E-state index contributed by atoms with van der Waals surface area (Å²) < 4.78 is 0. The summed E-state index contributed by atoms with van der Waals surface area (Å²) in [7, 11) is 0. The number of nitrogens with one attached hydrogen (secondary N) is 1. The van der Waals surface area contributed by atoms with E-state index in [2.05, 4.69) is 15.3 Å². The van der Waals surface area contributed by atoms with Crippen molar-refractivity contribution in [1.82, 2.24) is 0 Å². The van der Waals surface area contributed by atoms with Crippen molar-refractivity contribution in [3.05, 3.63) is 30.3 Å². The van der Waals surface area contributed by atoms with E-state index in [0.29, 0.717) is 5.69 Å². The molecule has 0 spiro atoms. The van der Waals surface area contributed by atoms with E-state index < -0.39 is 5.97 Å². The molecule has 90 valence electrons. The van der Waals surface area contributed by atoms with E-state index in [-0.39, 0.29) is 18.2 Å². The summed E-state index contributed by atoms with van der Waals surface area (Å²) in [5.74, 6) is -0.977. The Hall–Kier alpha value is -2.37. The smallest absolute Gasteiger partial charge is 0.332 e. The average molecular weight is 235 g/mol. The van der Waals surface area contributed by atoms with Crippen molar-refractivity contribution in [2.45, 2.75) is 13.3 Å². The Morgan fingerprint density at radius 1 is 1.35 bits per heavy atom. The molecule has 0 aromatic heterocycles. The van der Waals surface area contributed by atoms with Gasteiger partial charge in [0.2, 0.25) is 5.91 Å². The van der Waals surface area contributed by atoms with Crippen molar-refractivity contribution in [2.75, 3.05) is 5.32 Å². The SMILES string of the molecule is CC(=O)O/N=C(\N)CC(=O)Nc1ccccc1. The number of carbonyl (C=O) groups is 2. The second kappa shape index (κ2) is 6.26. The first-order valence-corrected chi connectivity index (χ1v) is 4.93. The van der Waals surface area contributed by atoms with Crippen LogP contribution in [-0.2, 0) is 14.4 Å². The van der Waals surface area contributed by atoms with Crippen LogP contribution in [-0.4, -0.2) is 17.7 Å². The fraction of sp³-hybridized carbons (Fsp3) is 0.182. The van der Waals surface area contributed by atoms with Crippen LogP contribution in [0.2, 0.25) is 0 Å². The average Bonchev–Trinajstić information content (AvgIpc) is 2.27. The molecule has 0 aliphatic heterocycles. The number of oxime groups is 1. The van der Waals surface area contributed by atoms with Gasteiger partial charge in [-0.1, -0.05) is 23.4 Å². The number of rotatable bonds is 4. The Bertz CT molecular complexity index is 429. The molecular formula is C11H13N3O3. The highest BCUT2D eigenvalue weighted by atomic mass is 16.7. The zero-order valence-electron chi connectivity index (χ0n) is 9.34. The van der Waals surface area contributed by atoms with Gasteiger partial charge in [0.25, 0.3) is 0 Å². The molecule has 3 N–H and O–H groups in total. The summed E-state index contributed by atoms with van der Waals surface area (Å²) in [5.41, 5.74) is 6.05. The molecule has 1 amide bonds. The molecular weight excluding hydrogens is 222 g/mol. The number of amidine groups is 1. The van der Waals surface area contributed by atoms with E-state index in [4.69, 9.17) is 5.73 Å². The molecule has 0 radical (unpaired) electrons. The third-order valence-electron chi connectivity index (χ3n) is 1.69. The van der Waals surface area contributed by atoms with E-state index in [1.807, 2.05) is 6.07 Å². The van der Waals surface area contributed by atoms with Crippen molar-refractivity contribution < 1.29 is 14.4 Å². The molecule has 0 saturated heterocycles. The van der Waals surface area contributed by atoms with Crippen molar-refractivity contribution in [2.24, 2.45) is 10.9 Å². The van der Waals surface area contributed by atoms with Gasteiger partial charge in [0.15, 0.2) is 0 Å². The monoisotopic (exact) mass is 235 g/mol. The molecule has 0 aliphatic carbocycles. The van der Waals surface area contributed by atoms with Gasteiger partial charge in [-0.25, -0.2) is 4.79 Å². The zero-order valence-corrected chi connectivity index (χ0v) is 9.34. The fourth-order valence-corrected chi connectivity index (χ4v) is 1.05. The van der Waals surface area contributed by atoms with Crippen LogP contribution in [0.1, 0.15) is 13.3 Å². The minimum atomic E-state index is -0.587. The first-order chi connectivity index (χ1) is 8.08. The first kappa shape index (κ1) is 12.7. The molecule has 17 heavy (non-hydrogen) atoms. The second-order valence-electron chi connectivity index (χ2n) is 3.26. The molecule has 0 aliphatic rings. The molecule has 6 nitrogen and oxygen atoms in total. The number of carbonyl (C=O) groups excluding carboxylic acids is 2. The van der Waals surface area contributed by atoms with Crippen LogP contribution in [0.5, 0.6) is 0 Å². The highest BCUT2D eigenvalue weighted by Gasteiger charge is 2.05. The number of nitrogens with zero attached hydrogens (tertiary/aromatic N) is 1. The highest BCUT2D eigenvalue weighted by molar-refractivity contribution is 6.04. The minimum Gasteiger partial charge on any atom is -0.384 e. The molecule has 1 aromatic carbocycles. The zero-order chi connectivity index (χ0) is 12.7. The Kier molecular flexibility index (Phi) is 4.68. The van der Waals surface area contributed by atoms with Gasteiger partial charge in [0.1, 0.15) is 5.84 Å². The van der Waals surface area contributed by atoms with Crippen molar-refractivity contribution in [1.29, 1.82) is 0 Å². The lowest BCUT2D eigenvalue weighted by molar-refractivity contribution is -0.141. The molecule has 0 unspecified atom stereocenters. The van der Waals surface area contributed by atoms with E-state index in [0.717, 1.165) is 0 Å². The Balaban J connectivity index is 2.45. The van der Waals surface area contributed by atoms with Crippen LogP contribution in [0.15, 0.2) is 35.5 Å². The molecule has 0 heterocycles. The van der Waals surface area contributed by atoms with Gasteiger partial charge in [0.05, 0.1) is 6.42 Å².